The molecular formula is C17H19N3O6. The molecule has 9 heteroatoms. The van der Waals surface area contributed by atoms with Crippen LogP contribution in [0.3, 0.4) is 0 Å². The summed E-state index contributed by atoms with van der Waals surface area (Å²) in [5.74, 6) is 0. The Hall–Kier alpha value is -3.17. The molecule has 0 radical (unpaired) electrons. The fourth-order valence-electron chi connectivity index (χ4n) is 1.79. The molecule has 0 saturated carbocycles. The van der Waals surface area contributed by atoms with Gasteiger partial charge in [-0.25, -0.2) is 14.6 Å². The Morgan fingerprint density at radius 1 is 1.04 bits per heavy atom. The van der Waals surface area contributed by atoms with Crippen LogP contribution in [0.5, 0.6) is 0 Å². The number of ether oxygens (including phenoxy) is 1. The van der Waals surface area contributed by atoms with Gasteiger partial charge in [-0.3, -0.25) is 20.4 Å². The van der Waals surface area contributed by atoms with Crippen molar-refractivity contribution < 1.29 is 28.9 Å². The smallest absolute Gasteiger partial charge is 0.407 e. The van der Waals surface area contributed by atoms with Gasteiger partial charge in [-0.15, -0.1) is 6.58 Å². The normalized spacial score (nSPS) is 9.85. The van der Waals surface area contributed by atoms with E-state index in [0.717, 1.165) is 0 Å². The fraction of sp³-hybridized carbons (Fsp3) is 0.235. The SMILES string of the molecule is C=CCOOCCOC(=O)NCc1cc(C(=N)C=O)cc(C(=N)C=O)c1. The van der Waals surface area contributed by atoms with Crippen molar-refractivity contribution in [3.8, 4) is 0 Å². The second-order valence-corrected chi connectivity index (χ2v) is 4.87. The van der Waals surface area contributed by atoms with E-state index in [9.17, 15) is 14.4 Å². The fourth-order valence-corrected chi connectivity index (χ4v) is 1.79. The monoisotopic (exact) mass is 361 g/mol. The van der Waals surface area contributed by atoms with Crippen molar-refractivity contribution >= 4 is 30.1 Å². The summed E-state index contributed by atoms with van der Waals surface area (Å²) in [6, 6.07) is 4.39. The molecule has 0 saturated heterocycles. The summed E-state index contributed by atoms with van der Waals surface area (Å²) >= 11 is 0. The quantitative estimate of drug-likeness (QED) is 0.128. The van der Waals surface area contributed by atoms with E-state index in [0.29, 0.717) is 18.1 Å². The van der Waals surface area contributed by atoms with Gasteiger partial charge in [0, 0.05) is 17.7 Å². The highest BCUT2D eigenvalue weighted by molar-refractivity contribution is 6.37. The highest BCUT2D eigenvalue weighted by atomic mass is 17.2. The molecule has 0 aliphatic rings. The minimum absolute atomic E-state index is 0.0196. The summed E-state index contributed by atoms with van der Waals surface area (Å²) in [5, 5.41) is 17.6. The topological polar surface area (TPSA) is 139 Å². The van der Waals surface area contributed by atoms with E-state index in [1.807, 2.05) is 0 Å². The zero-order chi connectivity index (χ0) is 19.4. The average molecular weight is 361 g/mol. The van der Waals surface area contributed by atoms with Gasteiger partial charge in [0.05, 0.1) is 0 Å². The van der Waals surface area contributed by atoms with Crippen molar-refractivity contribution in [1.29, 1.82) is 10.8 Å². The molecule has 3 N–H and O–H groups in total. The molecule has 0 fully saturated rings. The summed E-state index contributed by atoms with van der Waals surface area (Å²) in [5.41, 5.74) is 0.374. The van der Waals surface area contributed by atoms with Crippen LogP contribution in [0.15, 0.2) is 30.9 Å². The van der Waals surface area contributed by atoms with E-state index in [1.165, 1.54) is 24.3 Å². The zero-order valence-electron chi connectivity index (χ0n) is 13.9. The van der Waals surface area contributed by atoms with Crippen LogP contribution in [0.4, 0.5) is 4.79 Å². The Kier molecular flexibility index (Phi) is 9.15. The number of carbonyl (C=O) groups excluding carboxylic acids is 3. The minimum atomic E-state index is -0.708. The second kappa shape index (κ2) is 11.4. The first kappa shape index (κ1) is 20.9. The first-order chi connectivity index (χ1) is 12.5. The van der Waals surface area contributed by atoms with Gasteiger partial charge in [0.15, 0.2) is 12.6 Å². The van der Waals surface area contributed by atoms with Gasteiger partial charge in [-0.1, -0.05) is 6.08 Å². The lowest BCUT2D eigenvalue weighted by atomic mass is 10.0. The number of hydrogen-bond donors (Lipinski definition) is 3. The van der Waals surface area contributed by atoms with E-state index in [2.05, 4.69) is 16.8 Å². The Morgan fingerprint density at radius 2 is 1.65 bits per heavy atom. The Balaban J connectivity index is 2.62. The molecule has 1 amide bonds. The van der Waals surface area contributed by atoms with Crippen LogP contribution in [0.1, 0.15) is 16.7 Å². The van der Waals surface area contributed by atoms with Crippen LogP contribution in [-0.2, 0) is 30.6 Å². The molecule has 0 aliphatic carbocycles. The molecular weight excluding hydrogens is 342 g/mol. The lowest BCUT2D eigenvalue weighted by Gasteiger charge is -2.10. The minimum Gasteiger partial charge on any atom is -0.447 e. The molecule has 1 rings (SSSR count). The van der Waals surface area contributed by atoms with Crippen molar-refractivity contribution in [3.63, 3.8) is 0 Å². The maximum Gasteiger partial charge on any atom is 0.407 e. The number of alkyl carbamates (subject to hydrolysis) is 1. The highest BCUT2D eigenvalue weighted by Crippen LogP contribution is 2.11. The van der Waals surface area contributed by atoms with Crippen LogP contribution in [-0.4, -0.2) is 49.9 Å². The van der Waals surface area contributed by atoms with E-state index < -0.39 is 6.09 Å². The number of benzene rings is 1. The maximum absolute atomic E-state index is 11.6. The van der Waals surface area contributed by atoms with Gasteiger partial charge in [0.2, 0.25) is 0 Å². The third-order valence-electron chi connectivity index (χ3n) is 2.96. The third kappa shape index (κ3) is 7.16. The van der Waals surface area contributed by atoms with Gasteiger partial charge < -0.3 is 10.1 Å². The van der Waals surface area contributed by atoms with Gasteiger partial charge in [-0.2, -0.15) is 0 Å². The van der Waals surface area contributed by atoms with Crippen molar-refractivity contribution in [3.05, 3.63) is 47.5 Å². The number of hydrogen-bond acceptors (Lipinski definition) is 8. The number of amides is 1. The Morgan fingerprint density at radius 3 is 2.19 bits per heavy atom. The lowest BCUT2D eigenvalue weighted by Crippen LogP contribution is -2.25. The zero-order valence-corrected chi connectivity index (χ0v) is 13.9. The van der Waals surface area contributed by atoms with Gasteiger partial charge in [-0.05, 0) is 23.8 Å². The molecule has 0 atom stereocenters. The predicted octanol–water partition coefficient (Wildman–Crippen LogP) is 1.18. The van der Waals surface area contributed by atoms with Gasteiger partial charge in [0.25, 0.3) is 0 Å². The molecule has 0 aliphatic heterocycles. The van der Waals surface area contributed by atoms with Crippen LogP contribution in [0, 0.1) is 10.8 Å². The molecule has 0 spiro atoms. The summed E-state index contributed by atoms with van der Waals surface area (Å²) < 4.78 is 4.86. The Bertz CT molecular complexity index is 663. The number of nitrogens with one attached hydrogen (secondary N) is 3. The third-order valence-corrected chi connectivity index (χ3v) is 2.96. The maximum atomic E-state index is 11.6. The van der Waals surface area contributed by atoms with E-state index in [1.54, 1.807) is 0 Å². The number of aldehydes is 2. The molecule has 9 nitrogen and oxygen atoms in total. The summed E-state index contributed by atoms with van der Waals surface area (Å²) in [7, 11) is 0. The number of carbonyl (C=O) groups is 3. The van der Waals surface area contributed by atoms with E-state index in [4.69, 9.17) is 20.4 Å². The predicted molar refractivity (Wildman–Crippen MR) is 92.5 cm³/mol. The van der Waals surface area contributed by atoms with Gasteiger partial charge >= 0.3 is 6.09 Å². The molecule has 1 aromatic carbocycles. The molecule has 138 valence electrons. The van der Waals surface area contributed by atoms with Crippen LogP contribution < -0.4 is 5.32 Å². The molecule has 1 aromatic rings. The van der Waals surface area contributed by atoms with E-state index >= 15 is 0 Å². The van der Waals surface area contributed by atoms with Crippen molar-refractivity contribution in [1.82, 2.24) is 5.32 Å². The second-order valence-electron chi connectivity index (χ2n) is 4.87. The first-order valence-electron chi connectivity index (χ1n) is 7.50. The van der Waals surface area contributed by atoms with Crippen LogP contribution in [0.2, 0.25) is 0 Å². The van der Waals surface area contributed by atoms with Crippen molar-refractivity contribution in [2.75, 3.05) is 19.8 Å². The standard InChI is InChI=1S/C17H19N3O6/c1-2-3-25-26-5-4-24-17(23)20-9-12-6-13(15(18)10-21)8-14(7-12)16(19)11-22/h2,6-8,10-11,18-19H,1,3-5,9H2,(H,20,23). The molecule has 0 unspecified atom stereocenters. The van der Waals surface area contributed by atoms with Crippen molar-refractivity contribution in [2.45, 2.75) is 6.54 Å². The van der Waals surface area contributed by atoms with E-state index in [-0.39, 0.29) is 48.9 Å². The largest absolute Gasteiger partial charge is 0.447 e. The molecule has 0 aromatic heterocycles. The molecule has 0 bridgehead atoms. The first-order valence-corrected chi connectivity index (χ1v) is 7.50. The summed E-state index contributed by atoms with van der Waals surface area (Å²) in [6.07, 6.45) is 1.50. The number of rotatable bonds is 12. The molecule has 26 heavy (non-hydrogen) atoms. The van der Waals surface area contributed by atoms with Crippen LogP contribution >= 0.6 is 0 Å². The summed E-state index contributed by atoms with van der Waals surface area (Å²) in [6.45, 7) is 3.70. The molecule has 0 heterocycles. The Labute approximate surface area is 149 Å². The van der Waals surface area contributed by atoms with Crippen LogP contribution in [0.25, 0.3) is 0 Å². The highest BCUT2D eigenvalue weighted by Gasteiger charge is 2.10. The van der Waals surface area contributed by atoms with Gasteiger partial charge in [0.1, 0.15) is 31.2 Å². The summed E-state index contributed by atoms with van der Waals surface area (Å²) in [4.78, 5) is 42.5. The van der Waals surface area contributed by atoms with Crippen molar-refractivity contribution in [2.24, 2.45) is 0 Å². The average Bonchev–Trinajstić information content (AvgIpc) is 2.67. The lowest BCUT2D eigenvalue weighted by molar-refractivity contribution is -0.289.